The number of nitrogens with two attached hydrogens (primary N) is 1. The van der Waals surface area contributed by atoms with Crippen molar-refractivity contribution in [3.05, 3.63) is 45.3 Å². The van der Waals surface area contributed by atoms with Crippen LogP contribution >= 0.6 is 11.3 Å². The van der Waals surface area contributed by atoms with Gasteiger partial charge in [-0.1, -0.05) is 0 Å². The van der Waals surface area contributed by atoms with Gasteiger partial charge in [-0.3, -0.25) is 4.57 Å². The summed E-state index contributed by atoms with van der Waals surface area (Å²) in [7, 11) is 0. The predicted octanol–water partition coefficient (Wildman–Crippen LogP) is 1.61. The molecule has 3 rings (SSSR count). The zero-order valence-corrected chi connectivity index (χ0v) is 10.4. The van der Waals surface area contributed by atoms with Crippen molar-refractivity contribution in [3.8, 4) is 0 Å². The van der Waals surface area contributed by atoms with E-state index in [0.717, 1.165) is 22.5 Å². The molecule has 0 aliphatic heterocycles. The van der Waals surface area contributed by atoms with E-state index in [4.69, 9.17) is 5.73 Å². The van der Waals surface area contributed by atoms with Crippen LogP contribution in [0.2, 0.25) is 0 Å². The van der Waals surface area contributed by atoms with Gasteiger partial charge in [-0.25, -0.2) is 9.78 Å². The summed E-state index contributed by atoms with van der Waals surface area (Å²) in [4.78, 5) is 18.9. The van der Waals surface area contributed by atoms with Gasteiger partial charge in [0.15, 0.2) is 0 Å². The smallest absolute Gasteiger partial charge is 0.326 e. The van der Waals surface area contributed by atoms with Crippen LogP contribution in [0, 0.1) is 0 Å². The zero-order valence-electron chi connectivity index (χ0n) is 9.59. The van der Waals surface area contributed by atoms with E-state index < -0.39 is 0 Å². The second kappa shape index (κ2) is 4.30. The predicted molar refractivity (Wildman–Crippen MR) is 72.8 cm³/mol. The highest BCUT2D eigenvalue weighted by molar-refractivity contribution is 7.09. The topological polar surface area (TPSA) is 76.7 Å². The average Bonchev–Trinajstić information content (AvgIpc) is 2.93. The molecule has 6 heteroatoms. The molecule has 0 fully saturated rings. The average molecular weight is 260 g/mol. The SMILES string of the molecule is Nc1ccc2c(c1)[nH]c(=O)n2CCc1nccs1. The van der Waals surface area contributed by atoms with Crippen molar-refractivity contribution >= 4 is 28.1 Å². The number of anilines is 1. The molecule has 0 bridgehead atoms. The van der Waals surface area contributed by atoms with Crippen molar-refractivity contribution in [1.29, 1.82) is 0 Å². The van der Waals surface area contributed by atoms with E-state index in [-0.39, 0.29) is 5.69 Å². The van der Waals surface area contributed by atoms with Crippen molar-refractivity contribution in [2.24, 2.45) is 0 Å². The Morgan fingerprint density at radius 2 is 2.33 bits per heavy atom. The molecule has 0 radical (unpaired) electrons. The Balaban J connectivity index is 1.96. The number of thiazole rings is 1. The van der Waals surface area contributed by atoms with Gasteiger partial charge in [0.2, 0.25) is 0 Å². The van der Waals surface area contributed by atoms with E-state index >= 15 is 0 Å². The van der Waals surface area contributed by atoms with Crippen LogP contribution in [0.3, 0.4) is 0 Å². The fourth-order valence-corrected chi connectivity index (χ4v) is 2.60. The van der Waals surface area contributed by atoms with Gasteiger partial charge in [0.1, 0.15) is 0 Å². The third kappa shape index (κ3) is 1.91. The van der Waals surface area contributed by atoms with Crippen molar-refractivity contribution in [1.82, 2.24) is 14.5 Å². The van der Waals surface area contributed by atoms with Gasteiger partial charge in [-0.05, 0) is 18.2 Å². The van der Waals surface area contributed by atoms with Crippen molar-refractivity contribution in [3.63, 3.8) is 0 Å². The van der Waals surface area contributed by atoms with Crippen LogP contribution in [-0.2, 0) is 13.0 Å². The molecule has 0 amide bonds. The Morgan fingerprint density at radius 3 is 3.11 bits per heavy atom. The highest BCUT2D eigenvalue weighted by Crippen LogP contribution is 2.15. The Hall–Kier alpha value is -2.08. The van der Waals surface area contributed by atoms with Gasteiger partial charge >= 0.3 is 5.69 Å². The summed E-state index contributed by atoms with van der Waals surface area (Å²) in [5.74, 6) is 0. The van der Waals surface area contributed by atoms with Crippen LogP contribution in [0.15, 0.2) is 34.6 Å². The minimum absolute atomic E-state index is 0.104. The van der Waals surface area contributed by atoms with Crippen molar-refractivity contribution in [2.45, 2.75) is 13.0 Å². The molecule has 0 saturated heterocycles. The van der Waals surface area contributed by atoms with E-state index in [1.807, 2.05) is 11.4 Å². The minimum Gasteiger partial charge on any atom is -0.399 e. The van der Waals surface area contributed by atoms with E-state index in [1.54, 1.807) is 34.2 Å². The summed E-state index contributed by atoms with van der Waals surface area (Å²) in [5, 5.41) is 2.97. The fourth-order valence-electron chi connectivity index (χ4n) is 1.99. The number of hydrogen-bond acceptors (Lipinski definition) is 4. The highest BCUT2D eigenvalue weighted by Gasteiger charge is 2.07. The molecule has 18 heavy (non-hydrogen) atoms. The summed E-state index contributed by atoms with van der Waals surface area (Å²) < 4.78 is 1.72. The quantitative estimate of drug-likeness (QED) is 0.702. The fraction of sp³-hybridized carbons (Fsp3) is 0.167. The lowest BCUT2D eigenvalue weighted by atomic mass is 10.3. The number of nitrogens with one attached hydrogen (secondary N) is 1. The van der Waals surface area contributed by atoms with Crippen LogP contribution in [0.5, 0.6) is 0 Å². The number of benzene rings is 1. The molecule has 3 N–H and O–H groups in total. The Labute approximate surface area is 107 Å². The Bertz CT molecular complexity index is 726. The molecular formula is C12H12N4OS. The molecule has 1 aromatic carbocycles. The van der Waals surface area contributed by atoms with E-state index in [9.17, 15) is 4.79 Å². The maximum Gasteiger partial charge on any atom is 0.326 e. The lowest BCUT2D eigenvalue weighted by Crippen LogP contribution is -2.17. The van der Waals surface area contributed by atoms with Gasteiger partial charge in [0.25, 0.3) is 0 Å². The number of hydrogen-bond donors (Lipinski definition) is 2. The molecular weight excluding hydrogens is 248 g/mol. The first-order valence-corrected chi connectivity index (χ1v) is 6.48. The van der Waals surface area contributed by atoms with Gasteiger partial charge in [-0.2, -0.15) is 0 Å². The molecule has 3 aromatic rings. The first-order chi connectivity index (χ1) is 8.74. The number of imidazole rings is 1. The molecule has 2 heterocycles. The molecule has 0 atom stereocenters. The summed E-state index contributed by atoms with van der Waals surface area (Å²) >= 11 is 1.60. The Kier molecular flexibility index (Phi) is 2.64. The number of aryl methyl sites for hydroxylation is 2. The number of aromatic nitrogens is 3. The van der Waals surface area contributed by atoms with Crippen LogP contribution in [-0.4, -0.2) is 14.5 Å². The number of rotatable bonds is 3. The lowest BCUT2D eigenvalue weighted by molar-refractivity contribution is 0.688. The molecule has 0 unspecified atom stereocenters. The van der Waals surface area contributed by atoms with Gasteiger partial charge < -0.3 is 10.7 Å². The standard InChI is InChI=1S/C12H12N4OS/c13-8-1-2-10-9(7-8)15-12(17)16(10)5-3-11-14-4-6-18-11/h1-2,4,6-7H,3,5,13H2,(H,15,17). The molecule has 5 nitrogen and oxygen atoms in total. The second-order valence-electron chi connectivity index (χ2n) is 4.03. The third-order valence-electron chi connectivity index (χ3n) is 2.83. The van der Waals surface area contributed by atoms with E-state index in [0.29, 0.717) is 12.2 Å². The van der Waals surface area contributed by atoms with E-state index in [1.165, 1.54) is 0 Å². The molecule has 0 aliphatic rings. The van der Waals surface area contributed by atoms with Crippen molar-refractivity contribution < 1.29 is 0 Å². The first kappa shape index (κ1) is 11.0. The Morgan fingerprint density at radius 1 is 1.44 bits per heavy atom. The third-order valence-corrected chi connectivity index (χ3v) is 3.67. The van der Waals surface area contributed by atoms with Gasteiger partial charge in [0, 0.05) is 30.2 Å². The van der Waals surface area contributed by atoms with Crippen LogP contribution < -0.4 is 11.4 Å². The monoisotopic (exact) mass is 260 g/mol. The first-order valence-electron chi connectivity index (χ1n) is 5.60. The lowest BCUT2D eigenvalue weighted by Gasteiger charge is -2.01. The largest absolute Gasteiger partial charge is 0.399 e. The summed E-state index contributed by atoms with van der Waals surface area (Å²) in [6, 6.07) is 5.44. The molecule has 92 valence electrons. The number of fused-ring (bicyclic) bond motifs is 1. The van der Waals surface area contributed by atoms with E-state index in [2.05, 4.69) is 9.97 Å². The molecule has 0 saturated carbocycles. The molecule has 2 aromatic heterocycles. The second-order valence-corrected chi connectivity index (χ2v) is 5.01. The maximum absolute atomic E-state index is 11.9. The summed E-state index contributed by atoms with van der Waals surface area (Å²) in [5.41, 5.74) is 7.90. The molecule has 0 spiro atoms. The number of nitrogen functional groups attached to an aromatic ring is 1. The van der Waals surface area contributed by atoms with Crippen molar-refractivity contribution in [2.75, 3.05) is 5.73 Å². The summed E-state index contributed by atoms with van der Waals surface area (Å²) in [6.45, 7) is 0.621. The zero-order chi connectivity index (χ0) is 12.5. The van der Waals surface area contributed by atoms with Crippen LogP contribution in [0.1, 0.15) is 5.01 Å². The minimum atomic E-state index is -0.104. The maximum atomic E-state index is 11.9. The normalized spacial score (nSPS) is 11.1. The number of nitrogens with zero attached hydrogens (tertiary/aromatic N) is 2. The highest BCUT2D eigenvalue weighted by atomic mass is 32.1. The number of aromatic amines is 1. The summed E-state index contributed by atoms with van der Waals surface area (Å²) in [6.07, 6.45) is 2.54. The van der Waals surface area contributed by atoms with Gasteiger partial charge in [0.05, 0.1) is 16.0 Å². The van der Waals surface area contributed by atoms with Crippen LogP contribution in [0.4, 0.5) is 5.69 Å². The van der Waals surface area contributed by atoms with Gasteiger partial charge in [-0.15, -0.1) is 11.3 Å². The molecule has 0 aliphatic carbocycles. The number of H-pyrrole nitrogens is 1. The van der Waals surface area contributed by atoms with Crippen LogP contribution in [0.25, 0.3) is 11.0 Å².